The van der Waals surface area contributed by atoms with Crippen LogP contribution in [-0.2, 0) is 0 Å². The minimum Gasteiger partial charge on any atom is -0.907 e. The fraction of sp³-hybridized carbons (Fsp3) is 0. The van der Waals surface area contributed by atoms with Gasteiger partial charge in [-0.3, -0.25) is 36.6 Å². The summed E-state index contributed by atoms with van der Waals surface area (Å²) in [5.74, 6) is 0. The maximum absolute atomic E-state index is 8.42. The Morgan fingerprint density at radius 1 is 0.250 bits per heavy atom. The minimum absolute atomic E-state index is 0. The molecule has 0 fully saturated rings. The fourth-order valence-corrected chi connectivity index (χ4v) is 0. The van der Waals surface area contributed by atoms with Gasteiger partial charge < -0.3 is 75.4 Å². The van der Waals surface area contributed by atoms with E-state index in [0.29, 0.717) is 0 Å². The van der Waals surface area contributed by atoms with Gasteiger partial charge in [0.25, 0.3) is 0 Å². The summed E-state index contributed by atoms with van der Waals surface area (Å²) >= 11 is 0. The van der Waals surface area contributed by atoms with Crippen LogP contribution in [0.3, 0.4) is 0 Å². The second-order valence-electron chi connectivity index (χ2n) is 1.44. The first kappa shape index (κ1) is 112. The summed E-state index contributed by atoms with van der Waals surface area (Å²) < 4.78 is 0. The van der Waals surface area contributed by atoms with Crippen molar-refractivity contribution in [2.75, 3.05) is 0 Å². The quantitative estimate of drug-likeness (QED) is 0.242. The summed E-state index contributed by atoms with van der Waals surface area (Å²) in [5, 5.41) is 126. The van der Waals surface area contributed by atoms with Crippen molar-refractivity contribution in [1.82, 2.24) is 0 Å². The van der Waals surface area contributed by atoms with Crippen LogP contribution >= 0.6 is 0 Å². The standard InChI is InChI=1S/5BO3.3K.3Li.3Mg.3Na/c5*2-1(3)4;;;;;;;;;;;;/q5*-3;6*+1;3*+2;3*+1. The molecule has 0 amide bonds. The van der Waals surface area contributed by atoms with Crippen LogP contribution in [0.15, 0.2) is 0 Å². The molecule has 0 saturated carbocycles. The minimum atomic E-state index is -2.92. The molecule has 15 nitrogen and oxygen atoms in total. The summed E-state index contributed by atoms with van der Waals surface area (Å²) in [6, 6.07) is 0. The molecule has 0 aromatic carbocycles. The van der Waals surface area contributed by atoms with Crippen LogP contribution in [0.2, 0.25) is 0 Å². The molecule has 0 saturated heterocycles. The Labute approximate surface area is 467 Å². The van der Waals surface area contributed by atoms with Crippen molar-refractivity contribution in [2.24, 2.45) is 0 Å². The van der Waals surface area contributed by atoms with Crippen LogP contribution < -0.4 is 375 Å². The monoisotopic (exact) mass is 574 g/mol. The fourth-order valence-electron chi connectivity index (χ4n) is 0. The zero-order valence-electron chi connectivity index (χ0n) is 20.1. The third-order valence-electron chi connectivity index (χ3n) is 0. The Balaban J connectivity index is -0.00000000536. The van der Waals surface area contributed by atoms with Gasteiger partial charge in [0.1, 0.15) is 0 Å². The second-order valence-corrected chi connectivity index (χ2v) is 1.44. The first-order valence-electron chi connectivity index (χ1n) is 3.54. The van der Waals surface area contributed by atoms with Crippen LogP contribution in [-0.4, -0.2) is 106 Å². The van der Waals surface area contributed by atoms with E-state index in [-0.39, 0.29) is 369 Å². The van der Waals surface area contributed by atoms with E-state index >= 15 is 0 Å². The SMILES string of the molecule is [K+].[K+].[K+].[Li+].[Li+].[Li+].[Mg+2].[Mg+2].[Mg+2].[Na+].[Na+].[Na+].[O-]B([O-])[O-].[O-]B([O-])[O-].[O-]B([O-])[O-].[O-]B([O-])[O-].[O-]B([O-])[O-]. The van der Waals surface area contributed by atoms with Crippen molar-refractivity contribution >= 4 is 106 Å². The van der Waals surface area contributed by atoms with Crippen molar-refractivity contribution in [3.05, 3.63) is 0 Å². The molecule has 32 heteroatoms. The normalized spacial score (nSPS) is 4.22. The predicted octanol–water partition coefficient (Wildman–Crippen LogP) is -47.8. The topological polar surface area (TPSA) is 346 Å². The largest absolute Gasteiger partial charge is 2.00 e. The molecule has 0 spiro atoms. The zero-order valence-corrected chi connectivity index (χ0v) is 39.7. The van der Waals surface area contributed by atoms with Crippen LogP contribution in [0.25, 0.3) is 0 Å². The van der Waals surface area contributed by atoms with Gasteiger partial charge in [0.2, 0.25) is 0 Å². The van der Waals surface area contributed by atoms with E-state index in [1.54, 1.807) is 0 Å². The maximum atomic E-state index is 8.42. The van der Waals surface area contributed by atoms with Crippen molar-refractivity contribution < 1.29 is 375 Å². The van der Waals surface area contributed by atoms with Gasteiger partial charge in [-0.2, -0.15) is 0 Å². The molecule has 0 radical (unpaired) electrons. The van der Waals surface area contributed by atoms with Crippen molar-refractivity contribution in [2.45, 2.75) is 0 Å². The number of rotatable bonds is 0. The molecular formula is B5K3Li3Mg3Na3O15. The van der Waals surface area contributed by atoms with Crippen molar-refractivity contribution in [3.8, 4) is 0 Å². The van der Waals surface area contributed by atoms with E-state index in [1.165, 1.54) is 0 Å². The Morgan fingerprint density at radius 3 is 0.250 bits per heavy atom. The van der Waals surface area contributed by atoms with Crippen LogP contribution in [0.1, 0.15) is 0 Å². The van der Waals surface area contributed by atoms with Gasteiger partial charge in [-0.25, -0.2) is 0 Å². The van der Waals surface area contributed by atoms with Gasteiger partial charge in [-0.15, -0.1) is 0 Å². The first-order chi connectivity index (χ1) is 8.66. The smallest absolute Gasteiger partial charge is 0.907 e. The van der Waals surface area contributed by atoms with Gasteiger partial charge >= 0.3 is 369 Å². The Morgan fingerprint density at radius 2 is 0.250 bits per heavy atom. The van der Waals surface area contributed by atoms with Crippen LogP contribution in [0.5, 0.6) is 0 Å². The summed E-state index contributed by atoms with van der Waals surface area (Å²) in [7, 11) is -14.6. The third kappa shape index (κ3) is 503. The van der Waals surface area contributed by atoms with E-state index in [1.807, 2.05) is 0 Å². The molecular weight excluding hydrogens is 574 g/mol. The van der Waals surface area contributed by atoms with Gasteiger partial charge in [-0.05, 0) is 0 Å². The van der Waals surface area contributed by atoms with Gasteiger partial charge in [0.15, 0.2) is 0 Å². The van der Waals surface area contributed by atoms with E-state index in [9.17, 15) is 0 Å². The zero-order chi connectivity index (χ0) is 17.9. The molecule has 0 aliphatic rings. The van der Waals surface area contributed by atoms with E-state index in [4.69, 9.17) is 75.4 Å². The molecule has 0 atom stereocenters. The average molecular weight is 574 g/mol. The van der Waals surface area contributed by atoms with Gasteiger partial charge in [0.05, 0.1) is 0 Å². The van der Waals surface area contributed by atoms with Crippen LogP contribution in [0, 0.1) is 0 Å². The van der Waals surface area contributed by atoms with Crippen molar-refractivity contribution in [3.63, 3.8) is 0 Å². The van der Waals surface area contributed by atoms with E-state index < -0.39 is 36.6 Å². The maximum Gasteiger partial charge on any atom is 2.00 e. The molecule has 0 aliphatic heterocycles. The molecule has 0 heterocycles. The number of hydrogen-bond acceptors (Lipinski definition) is 15. The molecule has 0 unspecified atom stereocenters. The number of hydrogen-bond donors (Lipinski definition) is 0. The Kier molecular flexibility index (Phi) is 364. The predicted molar refractivity (Wildman–Crippen MR) is 46.0 cm³/mol. The van der Waals surface area contributed by atoms with E-state index in [0.717, 1.165) is 0 Å². The summed E-state index contributed by atoms with van der Waals surface area (Å²) in [6.07, 6.45) is 0. The summed E-state index contributed by atoms with van der Waals surface area (Å²) in [4.78, 5) is 0. The molecule has 0 rings (SSSR count). The molecule has 0 aromatic heterocycles. The molecule has 0 aliphatic carbocycles. The van der Waals surface area contributed by atoms with Gasteiger partial charge in [-0.1, -0.05) is 0 Å². The summed E-state index contributed by atoms with van der Waals surface area (Å²) in [5.41, 5.74) is 0. The molecule has 120 valence electrons. The summed E-state index contributed by atoms with van der Waals surface area (Å²) in [6.45, 7) is 0. The Bertz CT molecular complexity index is 129. The van der Waals surface area contributed by atoms with Crippen molar-refractivity contribution in [1.29, 1.82) is 0 Å². The molecule has 0 bridgehead atoms. The van der Waals surface area contributed by atoms with E-state index in [2.05, 4.69) is 0 Å². The molecule has 0 aromatic rings. The van der Waals surface area contributed by atoms with Crippen LogP contribution in [0.4, 0.5) is 0 Å². The molecule has 32 heavy (non-hydrogen) atoms. The molecule has 0 N–H and O–H groups in total. The second kappa shape index (κ2) is 104. The average Bonchev–Trinajstić information content (AvgIpc) is 1.94. The third-order valence-corrected chi connectivity index (χ3v) is 0. The van der Waals surface area contributed by atoms with Gasteiger partial charge in [0, 0.05) is 0 Å². The Hall–Kier alpha value is 11.7. The first-order valence-corrected chi connectivity index (χ1v) is 3.54.